The fourth-order valence-corrected chi connectivity index (χ4v) is 3.99. The SMILES string of the molecule is O=C(Cc1cccs1)N1CCN(C(=O)c2ccc(-n3cccc3)cc2)CC1. The van der Waals surface area contributed by atoms with Gasteiger partial charge in [-0.25, -0.2) is 0 Å². The van der Waals surface area contributed by atoms with Crippen LogP contribution in [0.4, 0.5) is 0 Å². The van der Waals surface area contributed by atoms with Gasteiger partial charge in [0.1, 0.15) is 0 Å². The van der Waals surface area contributed by atoms with E-state index in [2.05, 4.69) is 0 Å². The minimum atomic E-state index is 0.0272. The summed E-state index contributed by atoms with van der Waals surface area (Å²) in [5.74, 6) is 0.167. The molecule has 5 nitrogen and oxygen atoms in total. The number of benzene rings is 1. The topological polar surface area (TPSA) is 45.6 Å². The predicted octanol–water partition coefficient (Wildman–Crippen LogP) is 3.07. The fourth-order valence-electron chi connectivity index (χ4n) is 3.30. The Morgan fingerprint density at radius 3 is 2.15 bits per heavy atom. The molecule has 0 atom stereocenters. The highest BCUT2D eigenvalue weighted by atomic mass is 32.1. The zero-order chi connectivity index (χ0) is 18.6. The van der Waals surface area contributed by atoms with Crippen molar-refractivity contribution >= 4 is 23.2 Å². The summed E-state index contributed by atoms with van der Waals surface area (Å²) in [4.78, 5) is 29.9. The molecule has 0 unspecified atom stereocenters. The van der Waals surface area contributed by atoms with Crippen molar-refractivity contribution < 1.29 is 9.59 Å². The maximum Gasteiger partial charge on any atom is 0.253 e. The van der Waals surface area contributed by atoms with Crippen molar-refractivity contribution in [3.8, 4) is 5.69 Å². The number of carbonyl (C=O) groups is 2. The molecule has 1 aliphatic rings. The molecule has 0 N–H and O–H groups in total. The normalized spacial score (nSPS) is 14.4. The first-order valence-corrected chi connectivity index (χ1v) is 9.91. The van der Waals surface area contributed by atoms with Crippen LogP contribution in [0.25, 0.3) is 5.69 Å². The Balaban J connectivity index is 1.33. The Bertz CT molecular complexity index is 894. The summed E-state index contributed by atoms with van der Waals surface area (Å²) >= 11 is 1.60. The van der Waals surface area contributed by atoms with Gasteiger partial charge in [0.25, 0.3) is 5.91 Å². The minimum absolute atomic E-state index is 0.0272. The van der Waals surface area contributed by atoms with Crippen LogP contribution in [0.2, 0.25) is 0 Å². The average Bonchev–Trinajstić information content (AvgIpc) is 3.42. The summed E-state index contributed by atoms with van der Waals surface area (Å²) in [6.45, 7) is 2.34. The highest BCUT2D eigenvalue weighted by Gasteiger charge is 2.25. The second-order valence-electron chi connectivity index (χ2n) is 6.57. The summed E-state index contributed by atoms with van der Waals surface area (Å²) in [7, 11) is 0. The van der Waals surface area contributed by atoms with Gasteiger partial charge in [0.15, 0.2) is 0 Å². The third-order valence-electron chi connectivity index (χ3n) is 4.84. The van der Waals surface area contributed by atoms with Gasteiger partial charge in [0.2, 0.25) is 5.91 Å². The van der Waals surface area contributed by atoms with E-state index in [0.29, 0.717) is 38.2 Å². The lowest BCUT2D eigenvalue weighted by Gasteiger charge is -2.34. The Morgan fingerprint density at radius 1 is 0.852 bits per heavy atom. The van der Waals surface area contributed by atoms with Gasteiger partial charge in [-0.1, -0.05) is 6.07 Å². The maximum absolute atomic E-state index is 12.7. The first-order chi connectivity index (χ1) is 13.2. The molecule has 0 radical (unpaired) electrons. The molecule has 2 amide bonds. The van der Waals surface area contributed by atoms with Crippen LogP contribution >= 0.6 is 11.3 Å². The van der Waals surface area contributed by atoms with Gasteiger partial charge in [-0.15, -0.1) is 11.3 Å². The van der Waals surface area contributed by atoms with E-state index < -0.39 is 0 Å². The molecule has 1 aromatic carbocycles. The molecule has 138 valence electrons. The van der Waals surface area contributed by atoms with Crippen LogP contribution in [0.1, 0.15) is 15.2 Å². The summed E-state index contributed by atoms with van der Waals surface area (Å²) in [5.41, 5.74) is 1.71. The van der Waals surface area contributed by atoms with Crippen LogP contribution < -0.4 is 0 Å². The van der Waals surface area contributed by atoms with Crippen LogP contribution in [0.15, 0.2) is 66.3 Å². The number of hydrogen-bond acceptors (Lipinski definition) is 3. The smallest absolute Gasteiger partial charge is 0.253 e. The van der Waals surface area contributed by atoms with Crippen LogP contribution in [0.5, 0.6) is 0 Å². The van der Waals surface area contributed by atoms with Gasteiger partial charge in [-0.05, 0) is 47.8 Å². The number of rotatable bonds is 4. The zero-order valence-corrected chi connectivity index (χ0v) is 15.8. The molecule has 0 bridgehead atoms. The number of carbonyl (C=O) groups excluding carboxylic acids is 2. The third-order valence-corrected chi connectivity index (χ3v) is 5.72. The molecule has 27 heavy (non-hydrogen) atoms. The van der Waals surface area contributed by atoms with E-state index in [1.807, 2.05) is 80.7 Å². The largest absolute Gasteiger partial charge is 0.339 e. The van der Waals surface area contributed by atoms with E-state index in [4.69, 9.17) is 0 Å². The molecule has 3 aromatic rings. The molecular weight excluding hydrogens is 358 g/mol. The molecule has 3 heterocycles. The van der Waals surface area contributed by atoms with Gasteiger partial charge in [0.05, 0.1) is 6.42 Å². The van der Waals surface area contributed by atoms with Crippen molar-refractivity contribution in [2.24, 2.45) is 0 Å². The molecule has 1 aliphatic heterocycles. The van der Waals surface area contributed by atoms with Crippen molar-refractivity contribution in [2.75, 3.05) is 26.2 Å². The Labute approximate surface area is 162 Å². The van der Waals surface area contributed by atoms with Gasteiger partial charge in [-0.2, -0.15) is 0 Å². The van der Waals surface area contributed by atoms with E-state index in [0.717, 1.165) is 10.6 Å². The lowest BCUT2D eigenvalue weighted by atomic mass is 10.1. The Morgan fingerprint density at radius 2 is 1.52 bits per heavy atom. The van der Waals surface area contributed by atoms with Gasteiger partial charge in [0, 0.05) is 54.7 Å². The molecule has 4 rings (SSSR count). The lowest BCUT2D eigenvalue weighted by molar-refractivity contribution is -0.131. The standard InChI is InChI=1S/C21H21N3O2S/c25-20(16-19-4-3-15-27-19)23-11-13-24(14-12-23)21(26)17-5-7-18(8-6-17)22-9-1-2-10-22/h1-10,15H,11-14,16H2. The number of piperazine rings is 1. The van der Waals surface area contributed by atoms with Crippen LogP contribution in [0, 0.1) is 0 Å². The molecular formula is C21H21N3O2S. The molecule has 0 aliphatic carbocycles. The number of aromatic nitrogens is 1. The van der Waals surface area contributed by atoms with Crippen LogP contribution in [0.3, 0.4) is 0 Å². The number of nitrogens with zero attached hydrogens (tertiary/aromatic N) is 3. The monoisotopic (exact) mass is 379 g/mol. The first-order valence-electron chi connectivity index (χ1n) is 9.03. The van der Waals surface area contributed by atoms with Crippen molar-refractivity contribution in [2.45, 2.75) is 6.42 Å². The summed E-state index contributed by atoms with van der Waals surface area (Å²) in [6.07, 6.45) is 4.40. The zero-order valence-electron chi connectivity index (χ0n) is 15.0. The second-order valence-corrected chi connectivity index (χ2v) is 7.60. The molecule has 0 saturated carbocycles. The second kappa shape index (κ2) is 7.80. The van der Waals surface area contributed by atoms with E-state index in [1.54, 1.807) is 11.3 Å². The summed E-state index contributed by atoms with van der Waals surface area (Å²) in [5, 5.41) is 1.99. The number of amides is 2. The van der Waals surface area contributed by atoms with E-state index in [-0.39, 0.29) is 11.8 Å². The first kappa shape index (κ1) is 17.5. The van der Waals surface area contributed by atoms with Gasteiger partial charge in [-0.3, -0.25) is 9.59 Å². The van der Waals surface area contributed by atoms with E-state index in [9.17, 15) is 9.59 Å². The average molecular weight is 379 g/mol. The number of thiophene rings is 1. The number of hydrogen-bond donors (Lipinski definition) is 0. The molecule has 1 saturated heterocycles. The molecule has 0 spiro atoms. The molecule has 2 aromatic heterocycles. The molecule has 6 heteroatoms. The minimum Gasteiger partial charge on any atom is -0.339 e. The Hall–Kier alpha value is -2.86. The highest BCUT2D eigenvalue weighted by molar-refractivity contribution is 7.10. The third kappa shape index (κ3) is 3.95. The Kier molecular flexibility index (Phi) is 5.07. The van der Waals surface area contributed by atoms with E-state index >= 15 is 0 Å². The van der Waals surface area contributed by atoms with E-state index in [1.165, 1.54) is 0 Å². The van der Waals surface area contributed by atoms with Crippen molar-refractivity contribution in [3.63, 3.8) is 0 Å². The van der Waals surface area contributed by atoms with Gasteiger partial charge < -0.3 is 14.4 Å². The quantitative estimate of drug-likeness (QED) is 0.699. The summed E-state index contributed by atoms with van der Waals surface area (Å²) in [6, 6.07) is 15.5. The predicted molar refractivity (Wildman–Crippen MR) is 106 cm³/mol. The van der Waals surface area contributed by atoms with Gasteiger partial charge >= 0.3 is 0 Å². The summed E-state index contributed by atoms with van der Waals surface area (Å²) < 4.78 is 2.01. The van der Waals surface area contributed by atoms with Crippen LogP contribution in [-0.4, -0.2) is 52.4 Å². The lowest BCUT2D eigenvalue weighted by Crippen LogP contribution is -2.50. The van der Waals surface area contributed by atoms with Crippen molar-refractivity contribution in [1.82, 2.24) is 14.4 Å². The van der Waals surface area contributed by atoms with Crippen LogP contribution in [-0.2, 0) is 11.2 Å². The maximum atomic E-state index is 12.7. The fraction of sp³-hybridized carbons (Fsp3) is 0.238. The van der Waals surface area contributed by atoms with Crippen molar-refractivity contribution in [3.05, 3.63) is 76.7 Å². The highest BCUT2D eigenvalue weighted by Crippen LogP contribution is 2.15. The van der Waals surface area contributed by atoms with Crippen molar-refractivity contribution in [1.29, 1.82) is 0 Å². The molecule has 1 fully saturated rings.